The number of anilines is 1. The van der Waals surface area contributed by atoms with Crippen molar-refractivity contribution >= 4 is 23.3 Å². The Kier molecular flexibility index (Phi) is 3.37. The van der Waals surface area contributed by atoms with Crippen LogP contribution in [0, 0.1) is 0 Å². The number of nitrogens with one attached hydrogen (secondary N) is 1. The van der Waals surface area contributed by atoms with E-state index in [1.165, 1.54) is 0 Å². The van der Waals surface area contributed by atoms with Crippen molar-refractivity contribution in [1.82, 2.24) is 9.78 Å². The first-order chi connectivity index (χ1) is 9.97. The van der Waals surface area contributed by atoms with E-state index in [0.717, 1.165) is 16.9 Å². The number of benzene rings is 1. The summed E-state index contributed by atoms with van der Waals surface area (Å²) in [5.74, 6) is 0.646. The number of aromatic hydroxyl groups is 1. The number of hydrogen-bond donors (Lipinski definition) is 2. The minimum Gasteiger partial charge on any atom is -0.506 e. The summed E-state index contributed by atoms with van der Waals surface area (Å²) in [6, 6.07) is 5.21. The minimum atomic E-state index is -0.0978. The predicted octanol–water partition coefficient (Wildman–Crippen LogP) is 3.30. The number of phenols is 1. The molecular weight excluding hydrogens is 290 g/mol. The van der Waals surface area contributed by atoms with Gasteiger partial charge in [-0.2, -0.15) is 5.10 Å². The topological polar surface area (TPSA) is 67.2 Å². The number of nitrogens with zero attached hydrogens (tertiary/aromatic N) is 2. The Morgan fingerprint density at radius 1 is 1.48 bits per heavy atom. The van der Waals surface area contributed by atoms with Crippen LogP contribution in [-0.4, -0.2) is 20.8 Å². The van der Waals surface area contributed by atoms with E-state index in [2.05, 4.69) is 10.4 Å². The smallest absolute Gasteiger partial charge is 0.226 e. The van der Waals surface area contributed by atoms with Gasteiger partial charge in [0.2, 0.25) is 5.91 Å². The summed E-state index contributed by atoms with van der Waals surface area (Å²) >= 11 is 5.98. The second-order valence-corrected chi connectivity index (χ2v) is 5.91. The Bertz CT molecular complexity index is 709. The average molecular weight is 306 g/mol. The van der Waals surface area contributed by atoms with E-state index in [0.29, 0.717) is 6.42 Å². The Morgan fingerprint density at radius 2 is 2.24 bits per heavy atom. The van der Waals surface area contributed by atoms with Gasteiger partial charge in [0.1, 0.15) is 11.6 Å². The molecule has 2 N–H and O–H groups in total. The van der Waals surface area contributed by atoms with Gasteiger partial charge in [-0.25, -0.2) is 4.68 Å². The van der Waals surface area contributed by atoms with Crippen molar-refractivity contribution in [3.8, 4) is 5.75 Å². The van der Waals surface area contributed by atoms with E-state index in [1.54, 1.807) is 29.1 Å². The Labute approximate surface area is 127 Å². The molecule has 5 nitrogen and oxygen atoms in total. The maximum absolute atomic E-state index is 12.0. The molecule has 2 heterocycles. The molecule has 6 heteroatoms. The van der Waals surface area contributed by atoms with Gasteiger partial charge in [-0.1, -0.05) is 17.7 Å². The van der Waals surface area contributed by atoms with Gasteiger partial charge in [0.15, 0.2) is 0 Å². The number of amides is 1. The standard InChI is InChI=1S/C15H16ClN3O2/c1-8(2)19-15-11(7-17-19)10(6-14(21)18-15)9-3-4-13(20)12(16)5-9/h3-5,7-8,10,20H,6H2,1-2H3,(H,18,21). The molecule has 0 radical (unpaired) electrons. The largest absolute Gasteiger partial charge is 0.506 e. The van der Waals surface area contributed by atoms with Crippen LogP contribution in [0.5, 0.6) is 5.75 Å². The monoisotopic (exact) mass is 305 g/mol. The van der Waals surface area contributed by atoms with Crippen LogP contribution in [0.1, 0.15) is 43.4 Å². The number of halogens is 1. The van der Waals surface area contributed by atoms with E-state index in [1.807, 2.05) is 13.8 Å². The molecule has 0 fully saturated rings. The summed E-state index contributed by atoms with van der Waals surface area (Å²) in [4.78, 5) is 12.0. The van der Waals surface area contributed by atoms with Crippen molar-refractivity contribution in [1.29, 1.82) is 0 Å². The summed E-state index contributed by atoms with van der Waals surface area (Å²) in [7, 11) is 0. The number of rotatable bonds is 2. The van der Waals surface area contributed by atoms with Crippen LogP contribution in [-0.2, 0) is 4.79 Å². The summed E-state index contributed by atoms with van der Waals surface area (Å²) in [5.41, 5.74) is 1.88. The normalized spacial score (nSPS) is 17.7. The number of carbonyl (C=O) groups is 1. The zero-order valence-corrected chi connectivity index (χ0v) is 12.6. The first-order valence-electron chi connectivity index (χ1n) is 6.83. The van der Waals surface area contributed by atoms with Gasteiger partial charge < -0.3 is 10.4 Å². The van der Waals surface area contributed by atoms with E-state index in [4.69, 9.17) is 11.6 Å². The van der Waals surface area contributed by atoms with Crippen molar-refractivity contribution in [2.45, 2.75) is 32.2 Å². The summed E-state index contributed by atoms with van der Waals surface area (Å²) in [6.45, 7) is 4.03. The van der Waals surface area contributed by atoms with Crippen LogP contribution < -0.4 is 5.32 Å². The van der Waals surface area contributed by atoms with E-state index >= 15 is 0 Å². The van der Waals surface area contributed by atoms with E-state index < -0.39 is 0 Å². The number of aromatic nitrogens is 2. The highest BCUT2D eigenvalue weighted by Crippen LogP contribution is 2.39. The molecule has 2 aromatic rings. The third-order valence-electron chi connectivity index (χ3n) is 3.71. The predicted molar refractivity (Wildman–Crippen MR) is 80.8 cm³/mol. The molecule has 3 rings (SSSR count). The van der Waals surface area contributed by atoms with Gasteiger partial charge in [0.05, 0.1) is 11.2 Å². The number of phenolic OH excluding ortho intramolecular Hbond substituents is 1. The molecular formula is C15H16ClN3O2. The molecule has 0 aliphatic carbocycles. The molecule has 0 bridgehead atoms. The van der Waals surface area contributed by atoms with Crippen LogP contribution in [0.4, 0.5) is 5.82 Å². The van der Waals surface area contributed by atoms with Gasteiger partial charge >= 0.3 is 0 Å². The molecule has 1 amide bonds. The zero-order valence-electron chi connectivity index (χ0n) is 11.8. The third-order valence-corrected chi connectivity index (χ3v) is 4.01. The summed E-state index contributed by atoms with van der Waals surface area (Å²) in [6.07, 6.45) is 2.14. The average Bonchev–Trinajstić information content (AvgIpc) is 2.84. The van der Waals surface area contributed by atoms with Crippen molar-refractivity contribution in [3.05, 3.63) is 40.5 Å². The van der Waals surface area contributed by atoms with Crippen LogP contribution in [0.25, 0.3) is 0 Å². The van der Waals surface area contributed by atoms with Crippen molar-refractivity contribution in [2.75, 3.05) is 5.32 Å². The van der Waals surface area contributed by atoms with Gasteiger partial charge in [0.25, 0.3) is 0 Å². The first kappa shape index (κ1) is 13.9. The summed E-state index contributed by atoms with van der Waals surface area (Å²) in [5, 5.41) is 17.1. The highest BCUT2D eigenvalue weighted by molar-refractivity contribution is 6.32. The quantitative estimate of drug-likeness (QED) is 0.894. The van der Waals surface area contributed by atoms with Crippen LogP contribution in [0.3, 0.4) is 0 Å². The van der Waals surface area contributed by atoms with Crippen molar-refractivity contribution in [2.24, 2.45) is 0 Å². The van der Waals surface area contributed by atoms with E-state index in [-0.39, 0.29) is 28.6 Å². The lowest BCUT2D eigenvalue weighted by atomic mass is 9.87. The molecule has 110 valence electrons. The molecule has 1 aliphatic heterocycles. The van der Waals surface area contributed by atoms with Gasteiger partial charge in [-0.3, -0.25) is 4.79 Å². The third kappa shape index (κ3) is 2.38. The van der Waals surface area contributed by atoms with Gasteiger partial charge in [-0.05, 0) is 31.5 Å². The maximum atomic E-state index is 12.0. The zero-order chi connectivity index (χ0) is 15.1. The van der Waals surface area contributed by atoms with E-state index in [9.17, 15) is 9.90 Å². The Morgan fingerprint density at radius 3 is 2.90 bits per heavy atom. The second kappa shape index (κ2) is 5.07. The molecule has 0 saturated heterocycles. The summed E-state index contributed by atoms with van der Waals surface area (Å²) < 4.78 is 1.81. The minimum absolute atomic E-state index is 0.0405. The fraction of sp³-hybridized carbons (Fsp3) is 0.333. The molecule has 0 spiro atoms. The molecule has 1 aromatic heterocycles. The first-order valence-corrected chi connectivity index (χ1v) is 7.21. The van der Waals surface area contributed by atoms with Crippen molar-refractivity contribution < 1.29 is 9.90 Å². The second-order valence-electron chi connectivity index (χ2n) is 5.50. The SMILES string of the molecule is CC(C)n1ncc2c1NC(=O)CC2c1ccc(O)c(Cl)c1. The fourth-order valence-corrected chi connectivity index (χ4v) is 2.86. The molecule has 21 heavy (non-hydrogen) atoms. The maximum Gasteiger partial charge on any atom is 0.226 e. The van der Waals surface area contributed by atoms with Crippen LogP contribution in [0.2, 0.25) is 5.02 Å². The highest BCUT2D eigenvalue weighted by atomic mass is 35.5. The Balaban J connectivity index is 2.09. The number of fused-ring (bicyclic) bond motifs is 1. The lowest BCUT2D eigenvalue weighted by Crippen LogP contribution is -2.25. The lowest BCUT2D eigenvalue weighted by molar-refractivity contribution is -0.116. The molecule has 1 aromatic carbocycles. The lowest BCUT2D eigenvalue weighted by Gasteiger charge is -2.24. The number of carbonyl (C=O) groups excluding carboxylic acids is 1. The van der Waals surface area contributed by atoms with Gasteiger partial charge in [0, 0.05) is 23.9 Å². The molecule has 1 unspecified atom stereocenters. The highest BCUT2D eigenvalue weighted by Gasteiger charge is 2.30. The number of hydrogen-bond acceptors (Lipinski definition) is 3. The molecule has 1 atom stereocenters. The van der Waals surface area contributed by atoms with Crippen LogP contribution in [0.15, 0.2) is 24.4 Å². The Hall–Kier alpha value is -2.01. The van der Waals surface area contributed by atoms with Crippen molar-refractivity contribution in [3.63, 3.8) is 0 Å². The fourth-order valence-electron chi connectivity index (χ4n) is 2.67. The molecule has 0 saturated carbocycles. The van der Waals surface area contributed by atoms with Gasteiger partial charge in [-0.15, -0.1) is 0 Å². The molecule has 1 aliphatic rings. The van der Waals surface area contributed by atoms with Crippen LogP contribution >= 0.6 is 11.6 Å².